The monoisotopic (exact) mass is 294 g/mol. The highest BCUT2D eigenvalue weighted by molar-refractivity contribution is 7.98. The van der Waals surface area contributed by atoms with Crippen LogP contribution in [0.1, 0.15) is 31.4 Å². The number of rotatable bonds is 7. The standard InChI is InChI=1S/C16H26N2OS/c1-13(14-5-7-16(20-2)8-6-14)18(10-11-19)12-15-4-3-9-17-15/h5-8,13,15,17,19H,3-4,9-12H2,1-2H3. The van der Waals surface area contributed by atoms with Gasteiger partial charge in [-0.25, -0.2) is 0 Å². The van der Waals surface area contributed by atoms with Crippen LogP contribution in [0.5, 0.6) is 0 Å². The molecule has 0 aliphatic carbocycles. The van der Waals surface area contributed by atoms with Gasteiger partial charge in [0.15, 0.2) is 0 Å². The van der Waals surface area contributed by atoms with E-state index in [4.69, 9.17) is 0 Å². The number of hydrogen-bond acceptors (Lipinski definition) is 4. The third-order valence-electron chi connectivity index (χ3n) is 4.15. The molecule has 1 aliphatic heterocycles. The third-order valence-corrected chi connectivity index (χ3v) is 4.89. The van der Waals surface area contributed by atoms with Crippen molar-refractivity contribution in [3.05, 3.63) is 29.8 Å². The van der Waals surface area contributed by atoms with Gasteiger partial charge >= 0.3 is 0 Å². The SMILES string of the molecule is CSc1ccc(C(C)N(CCO)CC2CCCN2)cc1. The van der Waals surface area contributed by atoms with Crippen LogP contribution < -0.4 is 5.32 Å². The fraction of sp³-hybridized carbons (Fsp3) is 0.625. The highest BCUT2D eigenvalue weighted by atomic mass is 32.2. The van der Waals surface area contributed by atoms with Gasteiger partial charge in [0.05, 0.1) is 6.61 Å². The van der Waals surface area contributed by atoms with E-state index in [0.29, 0.717) is 12.1 Å². The molecule has 0 spiro atoms. The van der Waals surface area contributed by atoms with Crippen LogP contribution in [0, 0.1) is 0 Å². The van der Waals surface area contributed by atoms with Gasteiger partial charge in [0.1, 0.15) is 0 Å². The lowest BCUT2D eigenvalue weighted by atomic mass is 10.1. The van der Waals surface area contributed by atoms with Crippen LogP contribution >= 0.6 is 11.8 Å². The molecule has 1 aliphatic rings. The Balaban J connectivity index is 2.01. The Bertz CT molecular complexity index is 390. The largest absolute Gasteiger partial charge is 0.395 e. The topological polar surface area (TPSA) is 35.5 Å². The fourth-order valence-electron chi connectivity index (χ4n) is 2.86. The number of hydrogen-bond donors (Lipinski definition) is 2. The van der Waals surface area contributed by atoms with Crippen LogP contribution in [0.2, 0.25) is 0 Å². The summed E-state index contributed by atoms with van der Waals surface area (Å²) in [7, 11) is 0. The van der Waals surface area contributed by atoms with Gasteiger partial charge < -0.3 is 10.4 Å². The third kappa shape index (κ3) is 4.22. The zero-order chi connectivity index (χ0) is 14.4. The highest BCUT2D eigenvalue weighted by Gasteiger charge is 2.21. The quantitative estimate of drug-likeness (QED) is 0.758. The first-order chi connectivity index (χ1) is 9.74. The second-order valence-electron chi connectivity index (χ2n) is 5.46. The van der Waals surface area contributed by atoms with Crippen molar-refractivity contribution in [2.45, 2.75) is 36.7 Å². The van der Waals surface area contributed by atoms with E-state index in [2.05, 4.69) is 47.7 Å². The summed E-state index contributed by atoms with van der Waals surface area (Å²) in [4.78, 5) is 3.68. The molecule has 0 aromatic heterocycles. The Kier molecular flexibility index (Phi) is 6.36. The van der Waals surface area contributed by atoms with E-state index in [-0.39, 0.29) is 6.61 Å². The first-order valence-corrected chi connectivity index (χ1v) is 8.69. The molecule has 1 saturated heterocycles. The summed E-state index contributed by atoms with van der Waals surface area (Å²) in [5, 5.41) is 12.9. The second-order valence-corrected chi connectivity index (χ2v) is 6.34. The molecule has 0 amide bonds. The predicted molar refractivity (Wildman–Crippen MR) is 86.3 cm³/mol. The lowest BCUT2D eigenvalue weighted by Crippen LogP contribution is -2.40. The van der Waals surface area contributed by atoms with Crippen molar-refractivity contribution in [2.75, 3.05) is 32.5 Å². The lowest BCUT2D eigenvalue weighted by molar-refractivity contribution is 0.147. The molecular weight excluding hydrogens is 268 g/mol. The summed E-state index contributed by atoms with van der Waals surface area (Å²) in [6.45, 7) is 5.35. The molecule has 2 unspecified atom stereocenters. The number of thioether (sulfide) groups is 1. The van der Waals surface area contributed by atoms with Gasteiger partial charge in [-0.1, -0.05) is 12.1 Å². The van der Waals surface area contributed by atoms with E-state index in [1.807, 2.05) is 0 Å². The first kappa shape index (κ1) is 15.8. The summed E-state index contributed by atoms with van der Waals surface area (Å²) in [5.41, 5.74) is 1.33. The number of benzene rings is 1. The Morgan fingerprint density at radius 1 is 1.40 bits per heavy atom. The molecule has 0 bridgehead atoms. The Hall–Kier alpha value is -0.550. The zero-order valence-corrected chi connectivity index (χ0v) is 13.3. The number of aliphatic hydroxyl groups is 1. The molecule has 1 fully saturated rings. The average molecular weight is 294 g/mol. The molecular formula is C16H26N2OS. The zero-order valence-electron chi connectivity index (χ0n) is 12.5. The maximum Gasteiger partial charge on any atom is 0.0558 e. The van der Waals surface area contributed by atoms with Crippen LogP contribution in [0.25, 0.3) is 0 Å². The summed E-state index contributed by atoms with van der Waals surface area (Å²) in [6.07, 6.45) is 4.62. The summed E-state index contributed by atoms with van der Waals surface area (Å²) in [6, 6.07) is 9.71. The molecule has 2 N–H and O–H groups in total. The van der Waals surface area contributed by atoms with Gasteiger partial charge in [0.25, 0.3) is 0 Å². The van der Waals surface area contributed by atoms with E-state index < -0.39 is 0 Å². The minimum atomic E-state index is 0.222. The lowest BCUT2D eigenvalue weighted by Gasteiger charge is -2.31. The van der Waals surface area contributed by atoms with Gasteiger partial charge in [-0.2, -0.15) is 0 Å². The minimum absolute atomic E-state index is 0.222. The van der Waals surface area contributed by atoms with E-state index in [1.54, 1.807) is 11.8 Å². The maximum atomic E-state index is 9.32. The molecule has 20 heavy (non-hydrogen) atoms. The smallest absolute Gasteiger partial charge is 0.0558 e. The molecule has 112 valence electrons. The molecule has 1 heterocycles. The Morgan fingerprint density at radius 3 is 2.70 bits per heavy atom. The molecule has 3 nitrogen and oxygen atoms in total. The van der Waals surface area contributed by atoms with E-state index in [0.717, 1.165) is 19.6 Å². The van der Waals surface area contributed by atoms with E-state index in [1.165, 1.54) is 23.3 Å². The molecule has 2 rings (SSSR count). The minimum Gasteiger partial charge on any atom is -0.395 e. The van der Waals surface area contributed by atoms with Gasteiger partial charge in [-0.3, -0.25) is 4.90 Å². The predicted octanol–water partition coefficient (Wildman–Crippen LogP) is 2.52. The van der Waals surface area contributed by atoms with Crippen molar-refractivity contribution >= 4 is 11.8 Å². The maximum absolute atomic E-state index is 9.32. The van der Waals surface area contributed by atoms with Crippen LogP contribution in [0.4, 0.5) is 0 Å². The van der Waals surface area contributed by atoms with Crippen molar-refractivity contribution < 1.29 is 5.11 Å². The first-order valence-electron chi connectivity index (χ1n) is 7.47. The summed E-state index contributed by atoms with van der Waals surface area (Å²) >= 11 is 1.77. The van der Waals surface area contributed by atoms with Crippen LogP contribution in [0.3, 0.4) is 0 Å². The second kappa shape index (κ2) is 8.03. The number of nitrogens with one attached hydrogen (secondary N) is 1. The van der Waals surface area contributed by atoms with Crippen molar-refractivity contribution in [3.8, 4) is 0 Å². The van der Waals surface area contributed by atoms with E-state index >= 15 is 0 Å². The average Bonchev–Trinajstić information content (AvgIpc) is 2.99. The summed E-state index contributed by atoms with van der Waals surface area (Å²) in [5.74, 6) is 0. The van der Waals surface area contributed by atoms with Crippen molar-refractivity contribution in [3.63, 3.8) is 0 Å². The van der Waals surface area contributed by atoms with Gasteiger partial charge in [0.2, 0.25) is 0 Å². The molecule has 4 heteroatoms. The highest BCUT2D eigenvalue weighted by Crippen LogP contribution is 2.24. The van der Waals surface area contributed by atoms with Gasteiger partial charge in [-0.05, 0) is 50.3 Å². The van der Waals surface area contributed by atoms with Gasteiger partial charge in [-0.15, -0.1) is 11.8 Å². The van der Waals surface area contributed by atoms with Gasteiger partial charge in [0, 0.05) is 30.1 Å². The van der Waals surface area contributed by atoms with Crippen LogP contribution in [-0.2, 0) is 0 Å². The fourth-order valence-corrected chi connectivity index (χ4v) is 3.27. The van der Waals surface area contributed by atoms with Crippen LogP contribution in [0.15, 0.2) is 29.2 Å². The number of aliphatic hydroxyl groups excluding tert-OH is 1. The van der Waals surface area contributed by atoms with Crippen molar-refractivity contribution in [2.24, 2.45) is 0 Å². The molecule has 1 aromatic carbocycles. The number of nitrogens with zero attached hydrogens (tertiary/aromatic N) is 1. The van der Waals surface area contributed by atoms with Crippen LogP contribution in [-0.4, -0.2) is 48.5 Å². The molecule has 2 atom stereocenters. The summed E-state index contributed by atoms with van der Waals surface area (Å²) < 4.78 is 0. The van der Waals surface area contributed by atoms with Crippen molar-refractivity contribution in [1.29, 1.82) is 0 Å². The van der Waals surface area contributed by atoms with E-state index in [9.17, 15) is 5.11 Å². The Labute approximate surface area is 126 Å². The Morgan fingerprint density at radius 2 is 2.15 bits per heavy atom. The molecule has 0 radical (unpaired) electrons. The molecule has 0 saturated carbocycles. The molecule has 1 aromatic rings. The normalized spacial score (nSPS) is 20.5. The van der Waals surface area contributed by atoms with Crippen molar-refractivity contribution in [1.82, 2.24) is 10.2 Å².